The van der Waals surface area contributed by atoms with Gasteiger partial charge < -0.3 is 20.0 Å². The van der Waals surface area contributed by atoms with Gasteiger partial charge in [0.1, 0.15) is 6.61 Å². The first-order valence-corrected chi connectivity index (χ1v) is 9.33. The van der Waals surface area contributed by atoms with Gasteiger partial charge in [-0.3, -0.25) is 4.79 Å². The monoisotopic (exact) mass is 399 g/mol. The van der Waals surface area contributed by atoms with Gasteiger partial charge in [-0.25, -0.2) is 14.9 Å². The number of aliphatic hydroxyl groups is 1. The molecule has 2 aliphatic heterocycles. The normalized spacial score (nSPS) is 22.0. The number of aliphatic hydroxyl groups excluding tert-OH is 1. The number of carbonyl (C=O) groups is 2. The van der Waals surface area contributed by atoms with Crippen LogP contribution >= 0.6 is 0 Å². The number of quaternary nitrogens is 1. The van der Waals surface area contributed by atoms with Gasteiger partial charge in [0.2, 0.25) is 0 Å². The fourth-order valence-electron chi connectivity index (χ4n) is 3.86. The van der Waals surface area contributed by atoms with Crippen LogP contribution < -0.4 is 10.1 Å². The molecule has 0 saturated carbocycles. The van der Waals surface area contributed by atoms with Crippen molar-refractivity contribution in [3.63, 3.8) is 0 Å². The molecule has 0 aliphatic carbocycles. The number of rotatable bonds is 3. The summed E-state index contributed by atoms with van der Waals surface area (Å²) >= 11 is 0. The van der Waals surface area contributed by atoms with Crippen molar-refractivity contribution >= 4 is 23.4 Å². The second-order valence-electron chi connectivity index (χ2n) is 7.07. The number of ether oxygens (including phenoxy) is 1. The van der Waals surface area contributed by atoms with Crippen molar-refractivity contribution in [2.45, 2.75) is 31.7 Å². The van der Waals surface area contributed by atoms with E-state index in [0.29, 0.717) is 19.4 Å². The van der Waals surface area contributed by atoms with Gasteiger partial charge in [-0.2, -0.15) is 5.23 Å². The maximum absolute atomic E-state index is 13.0. The molecule has 152 valence electrons. The van der Waals surface area contributed by atoms with Crippen LogP contribution in [0.1, 0.15) is 28.8 Å². The first-order chi connectivity index (χ1) is 14.0. The van der Waals surface area contributed by atoms with E-state index in [-0.39, 0.29) is 29.5 Å². The van der Waals surface area contributed by atoms with Crippen molar-refractivity contribution in [1.82, 2.24) is 4.90 Å². The molecule has 2 aromatic carbocycles. The van der Waals surface area contributed by atoms with Crippen LogP contribution in [0.25, 0.3) is 0 Å². The molecule has 0 radical (unpaired) electrons. The number of hydrogen-bond donors (Lipinski definition) is 3. The Bertz CT molecular complexity index is 920. The fraction of sp³-hybridized carbons (Fsp3) is 0.300. The van der Waals surface area contributed by atoms with Crippen LogP contribution in [-0.2, 0) is 11.3 Å². The largest absolute Gasteiger partial charge is 0.595 e. The zero-order valence-corrected chi connectivity index (χ0v) is 15.5. The van der Waals surface area contributed by atoms with Crippen molar-refractivity contribution in [2.24, 2.45) is 0 Å². The van der Waals surface area contributed by atoms with Crippen LogP contribution in [0.4, 0.5) is 16.2 Å². The predicted molar refractivity (Wildman–Crippen MR) is 101 cm³/mol. The standard InChI is InChI=1S/C20H21N3O6/c24-18-15-9-8-14(23(27)28)11-17(15)22(19(25)16-7-4-10-21(16)18)20(26)29-12-13-5-2-1-3-6-13/h1-3,5-6,8-9,11,16,19,23,25,27H,4,7,10,12H2. The number of fused-ring (bicyclic) bond motifs is 2. The lowest BCUT2D eigenvalue weighted by Gasteiger charge is -2.31. The lowest BCUT2D eigenvalue weighted by atomic mass is 10.1. The number of hydrogen-bond acceptors (Lipinski definition) is 6. The van der Waals surface area contributed by atoms with E-state index in [1.54, 1.807) is 12.1 Å². The molecule has 3 atom stereocenters. The van der Waals surface area contributed by atoms with Crippen LogP contribution in [0.2, 0.25) is 0 Å². The molecule has 29 heavy (non-hydrogen) atoms. The Morgan fingerprint density at radius 2 is 2.00 bits per heavy atom. The molecule has 2 aromatic rings. The third kappa shape index (κ3) is 3.56. The lowest BCUT2D eigenvalue weighted by molar-refractivity contribution is -0.991. The molecule has 4 rings (SSSR count). The minimum atomic E-state index is -1.34. The number of nitrogens with zero attached hydrogens (tertiary/aromatic N) is 2. The molecule has 1 fully saturated rings. The fourth-order valence-corrected chi connectivity index (χ4v) is 3.86. The van der Waals surface area contributed by atoms with E-state index in [1.807, 2.05) is 18.2 Å². The molecule has 2 amide bonds. The van der Waals surface area contributed by atoms with Crippen LogP contribution in [0, 0.1) is 5.21 Å². The summed E-state index contributed by atoms with van der Waals surface area (Å²) in [6.07, 6.45) is -0.931. The Labute approximate surface area is 166 Å². The molecular weight excluding hydrogens is 378 g/mol. The molecule has 2 aliphatic rings. The summed E-state index contributed by atoms with van der Waals surface area (Å²) in [6.45, 7) is 0.451. The van der Waals surface area contributed by atoms with Crippen molar-refractivity contribution in [1.29, 1.82) is 0 Å². The van der Waals surface area contributed by atoms with Crippen molar-refractivity contribution in [3.05, 3.63) is 64.9 Å². The van der Waals surface area contributed by atoms with E-state index in [9.17, 15) is 25.1 Å². The van der Waals surface area contributed by atoms with E-state index >= 15 is 0 Å². The van der Waals surface area contributed by atoms with Crippen LogP contribution in [-0.4, -0.2) is 46.0 Å². The molecule has 2 heterocycles. The molecular formula is C20H21N3O6. The summed E-state index contributed by atoms with van der Waals surface area (Å²) < 4.78 is 5.38. The summed E-state index contributed by atoms with van der Waals surface area (Å²) in [5.74, 6) is -0.336. The molecule has 0 aromatic heterocycles. The molecule has 0 bridgehead atoms. The number of benzene rings is 2. The maximum Gasteiger partial charge on any atom is 0.416 e. The molecule has 3 unspecified atom stereocenters. The highest BCUT2D eigenvalue weighted by Crippen LogP contribution is 2.36. The Kier molecular flexibility index (Phi) is 5.20. The summed E-state index contributed by atoms with van der Waals surface area (Å²) in [4.78, 5) is 28.5. The molecule has 9 heteroatoms. The quantitative estimate of drug-likeness (QED) is 0.667. The average molecular weight is 399 g/mol. The smallest absolute Gasteiger partial charge is 0.416 e. The molecule has 9 nitrogen and oxygen atoms in total. The second kappa shape index (κ2) is 7.80. The second-order valence-corrected chi connectivity index (χ2v) is 7.07. The zero-order valence-electron chi connectivity index (χ0n) is 15.5. The summed E-state index contributed by atoms with van der Waals surface area (Å²) in [7, 11) is 0. The highest BCUT2D eigenvalue weighted by Gasteiger charge is 2.45. The molecule has 1 saturated heterocycles. The van der Waals surface area contributed by atoms with E-state index in [2.05, 4.69) is 0 Å². The van der Waals surface area contributed by atoms with Crippen LogP contribution in [0.3, 0.4) is 0 Å². The first-order valence-electron chi connectivity index (χ1n) is 9.33. The van der Waals surface area contributed by atoms with Gasteiger partial charge >= 0.3 is 6.09 Å². The van der Waals surface area contributed by atoms with Gasteiger partial charge in [-0.05, 0) is 24.5 Å². The molecule has 3 N–H and O–H groups in total. The maximum atomic E-state index is 13.0. The Morgan fingerprint density at radius 3 is 2.72 bits per heavy atom. The Balaban J connectivity index is 1.71. The van der Waals surface area contributed by atoms with Gasteiger partial charge in [0.05, 0.1) is 17.3 Å². The zero-order chi connectivity index (χ0) is 20.5. The van der Waals surface area contributed by atoms with Gasteiger partial charge in [-0.15, -0.1) is 0 Å². The van der Waals surface area contributed by atoms with Crippen molar-refractivity contribution in [2.75, 3.05) is 11.4 Å². The van der Waals surface area contributed by atoms with Crippen LogP contribution in [0.15, 0.2) is 48.5 Å². The van der Waals surface area contributed by atoms with E-state index < -0.39 is 23.6 Å². The number of amides is 2. The predicted octanol–water partition coefficient (Wildman–Crippen LogP) is 1.17. The number of nitrogens with one attached hydrogen (secondary N) is 1. The number of carbonyl (C=O) groups excluding carboxylic acids is 2. The van der Waals surface area contributed by atoms with E-state index in [1.165, 1.54) is 23.1 Å². The van der Waals surface area contributed by atoms with Gasteiger partial charge in [0.15, 0.2) is 11.9 Å². The highest BCUT2D eigenvalue weighted by atomic mass is 16.8. The van der Waals surface area contributed by atoms with Gasteiger partial charge in [-0.1, -0.05) is 30.3 Å². The Hall–Kier alpha value is -2.98. The topological polar surface area (TPSA) is 118 Å². The third-order valence-electron chi connectivity index (χ3n) is 5.31. The summed E-state index contributed by atoms with van der Waals surface area (Å²) in [5.41, 5.74) is 0.875. The number of anilines is 1. The lowest BCUT2D eigenvalue weighted by Crippen LogP contribution is -2.99. The summed E-state index contributed by atoms with van der Waals surface area (Å²) in [5, 5.41) is 30.5. The minimum Gasteiger partial charge on any atom is -0.595 e. The van der Waals surface area contributed by atoms with E-state index in [4.69, 9.17) is 4.74 Å². The van der Waals surface area contributed by atoms with E-state index in [0.717, 1.165) is 10.5 Å². The van der Waals surface area contributed by atoms with Crippen molar-refractivity contribution in [3.8, 4) is 0 Å². The molecule has 0 spiro atoms. The van der Waals surface area contributed by atoms with Crippen LogP contribution in [0.5, 0.6) is 0 Å². The third-order valence-corrected chi connectivity index (χ3v) is 5.31. The van der Waals surface area contributed by atoms with Crippen molar-refractivity contribution < 1.29 is 29.9 Å². The highest BCUT2D eigenvalue weighted by molar-refractivity contribution is 6.05. The summed E-state index contributed by atoms with van der Waals surface area (Å²) in [6, 6.07) is 12.4. The Morgan fingerprint density at radius 1 is 1.24 bits per heavy atom. The van der Waals surface area contributed by atoms with Gasteiger partial charge in [0, 0.05) is 18.7 Å². The minimum absolute atomic E-state index is 0.0147. The SMILES string of the molecule is O=C1c2ccc([NH+]([O-])O)cc2N(C(=O)OCc2ccccc2)C(O)C2CCCN12. The average Bonchev–Trinajstić information content (AvgIpc) is 3.19. The first kappa shape index (κ1) is 19.3. The van der Waals surface area contributed by atoms with Gasteiger partial charge in [0.25, 0.3) is 5.91 Å².